The normalized spacial score (nSPS) is 18.7. The monoisotopic (exact) mass is 562 g/mol. The van der Waals surface area contributed by atoms with Gasteiger partial charge in [-0.1, -0.05) is 36.7 Å². The van der Waals surface area contributed by atoms with Crippen molar-refractivity contribution >= 4 is 40.9 Å². The van der Waals surface area contributed by atoms with E-state index in [9.17, 15) is 32.3 Å². The number of alkyl halides is 3. The van der Waals surface area contributed by atoms with Crippen molar-refractivity contribution in [3.8, 4) is 0 Å². The quantitative estimate of drug-likeness (QED) is 0.397. The molecule has 0 radical (unpaired) electrons. The molecule has 0 aliphatic carbocycles. The second kappa shape index (κ2) is 11.6. The minimum absolute atomic E-state index is 0.0158. The van der Waals surface area contributed by atoms with E-state index in [-0.39, 0.29) is 29.6 Å². The molecular weight excluding hydrogens is 537 g/mol. The number of carbonyl (C=O) groups excluding carboxylic acids is 4. The van der Waals surface area contributed by atoms with Gasteiger partial charge in [-0.05, 0) is 61.2 Å². The Bertz CT molecular complexity index is 1340. The smallest absolute Gasteiger partial charge is 0.351 e. The number of piperidine rings is 1. The third kappa shape index (κ3) is 6.48. The van der Waals surface area contributed by atoms with Crippen molar-refractivity contribution in [3.63, 3.8) is 0 Å². The molecule has 2 aliphatic rings. The fourth-order valence-corrected chi connectivity index (χ4v) is 4.93. The van der Waals surface area contributed by atoms with Gasteiger partial charge in [0.2, 0.25) is 11.8 Å². The number of hydrogen-bond acceptors (Lipinski definition) is 6. The Balaban J connectivity index is 1.38. The summed E-state index contributed by atoms with van der Waals surface area (Å²) in [6.07, 6.45) is -2.09. The summed E-state index contributed by atoms with van der Waals surface area (Å²) < 4.78 is 38.8. The molecule has 2 aliphatic heterocycles. The lowest BCUT2D eigenvalue weighted by atomic mass is 10.0. The van der Waals surface area contributed by atoms with Gasteiger partial charge in [0.05, 0.1) is 10.6 Å². The van der Waals surface area contributed by atoms with E-state index in [1.165, 1.54) is 12.1 Å². The second-order valence-electron chi connectivity index (χ2n) is 9.27. The first-order valence-electron chi connectivity index (χ1n) is 12.4. The van der Waals surface area contributed by atoms with E-state index in [1.54, 1.807) is 12.1 Å². The van der Waals surface area contributed by atoms with Gasteiger partial charge in [-0.2, -0.15) is 13.2 Å². The van der Waals surface area contributed by atoms with Crippen LogP contribution in [0.1, 0.15) is 48.9 Å². The Labute approximate surface area is 227 Å². The van der Waals surface area contributed by atoms with Crippen LogP contribution in [-0.2, 0) is 31.8 Å². The van der Waals surface area contributed by atoms with Gasteiger partial charge in [-0.3, -0.25) is 29.4 Å². The number of carbonyl (C=O) groups is 4. The van der Waals surface area contributed by atoms with Gasteiger partial charge in [-0.15, -0.1) is 0 Å². The van der Waals surface area contributed by atoms with Crippen LogP contribution in [0, 0.1) is 0 Å². The maximum Gasteiger partial charge on any atom is 0.417 e. The van der Waals surface area contributed by atoms with Crippen molar-refractivity contribution in [2.45, 2.75) is 50.9 Å². The second-order valence-corrected chi connectivity index (χ2v) is 9.67. The fourth-order valence-electron chi connectivity index (χ4n) is 4.62. The number of anilines is 1. The summed E-state index contributed by atoms with van der Waals surface area (Å²) in [7, 11) is 0. The molecule has 2 unspecified atom stereocenters. The number of benzene rings is 2. The van der Waals surface area contributed by atoms with Crippen LogP contribution in [0.3, 0.4) is 0 Å². The summed E-state index contributed by atoms with van der Waals surface area (Å²) in [6.45, 7) is 2.46. The molecule has 2 aromatic rings. The average Bonchev–Trinajstić information content (AvgIpc) is 3.14. The molecule has 206 valence electrons. The predicted molar refractivity (Wildman–Crippen MR) is 137 cm³/mol. The highest BCUT2D eigenvalue weighted by Gasteiger charge is 2.42. The van der Waals surface area contributed by atoms with E-state index < -0.39 is 41.4 Å². The Morgan fingerprint density at radius 1 is 1.13 bits per heavy atom. The third-order valence-corrected chi connectivity index (χ3v) is 6.91. The summed E-state index contributed by atoms with van der Waals surface area (Å²) in [4.78, 5) is 49.9. The summed E-state index contributed by atoms with van der Waals surface area (Å²) in [5.74, 6) is -2.41. The molecule has 2 atom stereocenters. The molecule has 0 spiro atoms. The number of nitrogens with one attached hydrogen (secondary N) is 3. The molecule has 8 nitrogen and oxygen atoms in total. The summed E-state index contributed by atoms with van der Waals surface area (Å²) >= 11 is 5.82. The van der Waals surface area contributed by atoms with E-state index >= 15 is 0 Å². The number of rotatable bonds is 9. The van der Waals surface area contributed by atoms with Crippen LogP contribution in [0.15, 0.2) is 54.2 Å². The average molecular weight is 563 g/mol. The Kier molecular flexibility index (Phi) is 8.41. The molecule has 39 heavy (non-hydrogen) atoms. The van der Waals surface area contributed by atoms with Crippen LogP contribution >= 0.6 is 11.6 Å². The lowest BCUT2D eigenvalue weighted by Gasteiger charge is -2.28. The molecule has 3 N–H and O–H groups in total. The van der Waals surface area contributed by atoms with E-state index in [2.05, 4.69) is 16.0 Å². The molecule has 1 saturated heterocycles. The number of amides is 4. The zero-order chi connectivity index (χ0) is 28.3. The van der Waals surface area contributed by atoms with Gasteiger partial charge in [-0.25, -0.2) is 0 Å². The van der Waals surface area contributed by atoms with Gasteiger partial charge >= 0.3 is 6.18 Å². The molecule has 0 bridgehead atoms. The summed E-state index contributed by atoms with van der Waals surface area (Å²) in [6, 6.07) is 9.82. The van der Waals surface area contributed by atoms with E-state index in [1.807, 2.05) is 19.1 Å². The molecule has 2 aromatic carbocycles. The first-order chi connectivity index (χ1) is 18.5. The van der Waals surface area contributed by atoms with Gasteiger partial charge in [0.15, 0.2) is 0 Å². The maximum absolute atomic E-state index is 12.9. The van der Waals surface area contributed by atoms with Gasteiger partial charge < -0.3 is 10.6 Å². The van der Waals surface area contributed by atoms with Crippen molar-refractivity contribution < 1.29 is 32.3 Å². The van der Waals surface area contributed by atoms with Crippen molar-refractivity contribution in [1.29, 1.82) is 0 Å². The van der Waals surface area contributed by atoms with Crippen molar-refractivity contribution in [2.24, 2.45) is 0 Å². The van der Waals surface area contributed by atoms with Crippen molar-refractivity contribution in [3.05, 3.63) is 76.0 Å². The highest BCUT2D eigenvalue weighted by molar-refractivity contribution is 6.31. The third-order valence-electron chi connectivity index (χ3n) is 6.60. The van der Waals surface area contributed by atoms with Gasteiger partial charge in [0.1, 0.15) is 11.7 Å². The SMILES string of the molecule is CCC(NCCc1ccc(C(F)(F)F)c(Cl)c1)c1cccc(NC2=CC(=O)N(C3CCC(=O)NC3=O)C2=O)c1. The topological polar surface area (TPSA) is 108 Å². The lowest BCUT2D eigenvalue weighted by Crippen LogP contribution is -2.54. The Morgan fingerprint density at radius 3 is 2.56 bits per heavy atom. The van der Waals surface area contributed by atoms with Crippen molar-refractivity contribution in [1.82, 2.24) is 15.5 Å². The molecule has 0 aromatic heterocycles. The first kappa shape index (κ1) is 28.3. The molecular formula is C27H26ClF3N4O4. The van der Waals surface area contributed by atoms with Crippen LogP contribution in [0.2, 0.25) is 5.02 Å². The minimum atomic E-state index is -4.50. The predicted octanol–water partition coefficient (Wildman–Crippen LogP) is 4.11. The zero-order valence-electron chi connectivity index (χ0n) is 20.9. The highest BCUT2D eigenvalue weighted by Crippen LogP contribution is 2.35. The molecule has 4 rings (SSSR count). The molecule has 12 heteroatoms. The van der Waals surface area contributed by atoms with E-state index in [4.69, 9.17) is 11.6 Å². The lowest BCUT2D eigenvalue weighted by molar-refractivity contribution is -0.149. The Hall–Kier alpha value is -3.70. The number of nitrogens with zero attached hydrogens (tertiary/aromatic N) is 1. The van der Waals surface area contributed by atoms with Crippen molar-refractivity contribution in [2.75, 3.05) is 11.9 Å². The van der Waals surface area contributed by atoms with Crippen LogP contribution in [0.4, 0.5) is 18.9 Å². The Morgan fingerprint density at radius 2 is 1.90 bits per heavy atom. The summed E-state index contributed by atoms with van der Waals surface area (Å²) in [5, 5.41) is 8.15. The highest BCUT2D eigenvalue weighted by atomic mass is 35.5. The van der Waals surface area contributed by atoms with Crippen LogP contribution in [0.5, 0.6) is 0 Å². The minimum Gasteiger partial charge on any atom is -0.351 e. The first-order valence-corrected chi connectivity index (χ1v) is 12.7. The van der Waals surface area contributed by atoms with E-state index in [0.717, 1.165) is 22.6 Å². The zero-order valence-corrected chi connectivity index (χ0v) is 21.7. The number of halogens is 4. The fraction of sp³-hybridized carbons (Fsp3) is 0.333. The standard InChI is InChI=1S/C27H26ClF3N4O4/c1-2-20(32-11-10-15-6-7-18(19(28)12-15)27(29,30)31)16-4-3-5-17(13-16)33-21-14-24(37)35(26(21)39)22-8-9-23(36)34-25(22)38/h3-7,12-14,20,22,32-33H,2,8-11H2,1H3,(H,34,36,38). The molecule has 4 amide bonds. The largest absolute Gasteiger partial charge is 0.417 e. The molecule has 0 saturated carbocycles. The molecule has 2 heterocycles. The van der Waals surface area contributed by atoms with Crippen LogP contribution < -0.4 is 16.0 Å². The van der Waals surface area contributed by atoms with Crippen LogP contribution in [-0.4, -0.2) is 41.1 Å². The summed E-state index contributed by atoms with van der Waals surface area (Å²) in [5.41, 5.74) is 1.27. The van der Waals surface area contributed by atoms with E-state index in [0.29, 0.717) is 30.6 Å². The van der Waals surface area contributed by atoms with Crippen LogP contribution in [0.25, 0.3) is 0 Å². The number of imide groups is 2. The van der Waals surface area contributed by atoms with Gasteiger partial charge in [0.25, 0.3) is 11.8 Å². The number of hydrogen-bond donors (Lipinski definition) is 3. The maximum atomic E-state index is 12.9. The molecule has 1 fully saturated rings. The van der Waals surface area contributed by atoms with Gasteiger partial charge in [0, 0.05) is 24.2 Å².